The topological polar surface area (TPSA) is 29.5 Å². The lowest BCUT2D eigenvalue weighted by atomic mass is 9.72. The van der Waals surface area contributed by atoms with Crippen LogP contribution in [0.15, 0.2) is 30.3 Å². The largest absolute Gasteiger partial charge is 0.465 e. The zero-order valence-electron chi connectivity index (χ0n) is 15.4. The summed E-state index contributed by atoms with van der Waals surface area (Å²) in [6, 6.07) is 10.2. The molecular formula is C21H33NO2. The maximum Gasteiger partial charge on any atom is 0.316 e. The molecule has 0 radical (unpaired) electrons. The Kier molecular flexibility index (Phi) is 7.77. The van der Waals surface area contributed by atoms with E-state index in [9.17, 15) is 4.79 Å². The van der Waals surface area contributed by atoms with E-state index in [4.69, 9.17) is 4.74 Å². The highest BCUT2D eigenvalue weighted by atomic mass is 16.5. The molecule has 2 rings (SSSR count). The van der Waals surface area contributed by atoms with Crippen molar-refractivity contribution >= 4 is 5.97 Å². The Morgan fingerprint density at radius 3 is 2.33 bits per heavy atom. The van der Waals surface area contributed by atoms with Gasteiger partial charge in [0, 0.05) is 0 Å². The third-order valence-electron chi connectivity index (χ3n) is 5.28. The Morgan fingerprint density at radius 1 is 1.04 bits per heavy atom. The SMILES string of the molecule is CCCCCCCN1CCC(C(=O)OCC)(c2ccccc2)CC1. The first-order chi connectivity index (χ1) is 11.7. The molecule has 0 amide bonds. The number of carbonyl (C=O) groups excluding carboxylic acids is 1. The molecule has 24 heavy (non-hydrogen) atoms. The van der Waals surface area contributed by atoms with Crippen molar-refractivity contribution in [2.75, 3.05) is 26.2 Å². The third kappa shape index (κ3) is 4.83. The van der Waals surface area contributed by atoms with Crippen molar-refractivity contribution in [3.63, 3.8) is 0 Å². The van der Waals surface area contributed by atoms with Crippen molar-refractivity contribution < 1.29 is 9.53 Å². The quantitative estimate of drug-likeness (QED) is 0.491. The van der Waals surface area contributed by atoms with Crippen LogP contribution >= 0.6 is 0 Å². The van der Waals surface area contributed by atoms with Gasteiger partial charge in [0.2, 0.25) is 0 Å². The van der Waals surface area contributed by atoms with Gasteiger partial charge in [0.25, 0.3) is 0 Å². The van der Waals surface area contributed by atoms with Gasteiger partial charge in [-0.05, 0) is 51.4 Å². The fraction of sp³-hybridized carbons (Fsp3) is 0.667. The van der Waals surface area contributed by atoms with Crippen molar-refractivity contribution in [3.8, 4) is 0 Å². The fourth-order valence-corrected chi connectivity index (χ4v) is 3.73. The van der Waals surface area contributed by atoms with E-state index in [1.54, 1.807) is 0 Å². The summed E-state index contributed by atoms with van der Waals surface area (Å²) in [5.41, 5.74) is 0.668. The predicted molar refractivity (Wildman–Crippen MR) is 99.2 cm³/mol. The van der Waals surface area contributed by atoms with E-state index in [2.05, 4.69) is 24.0 Å². The molecule has 1 saturated heterocycles. The van der Waals surface area contributed by atoms with E-state index in [1.165, 1.54) is 32.1 Å². The van der Waals surface area contributed by atoms with Crippen molar-refractivity contribution in [2.24, 2.45) is 0 Å². The molecule has 0 aromatic heterocycles. The second kappa shape index (κ2) is 9.83. The minimum atomic E-state index is -0.448. The first kappa shape index (κ1) is 19.0. The maximum atomic E-state index is 12.7. The van der Waals surface area contributed by atoms with Crippen LogP contribution in [0.5, 0.6) is 0 Å². The number of rotatable bonds is 9. The van der Waals surface area contributed by atoms with E-state index in [1.807, 2.05) is 25.1 Å². The molecular weight excluding hydrogens is 298 g/mol. The monoisotopic (exact) mass is 331 g/mol. The van der Waals surface area contributed by atoms with Crippen molar-refractivity contribution in [3.05, 3.63) is 35.9 Å². The Labute approximate surface area is 147 Å². The molecule has 0 spiro atoms. The van der Waals surface area contributed by atoms with Crippen LogP contribution in [0.2, 0.25) is 0 Å². The second-order valence-corrected chi connectivity index (χ2v) is 6.92. The average molecular weight is 332 g/mol. The smallest absolute Gasteiger partial charge is 0.316 e. The number of likely N-dealkylation sites (tertiary alicyclic amines) is 1. The van der Waals surface area contributed by atoms with E-state index in [0.717, 1.165) is 38.0 Å². The second-order valence-electron chi connectivity index (χ2n) is 6.92. The number of esters is 1. The number of hydrogen-bond donors (Lipinski definition) is 0. The molecule has 0 atom stereocenters. The van der Waals surface area contributed by atoms with Crippen LogP contribution in [0, 0.1) is 0 Å². The molecule has 1 aliphatic heterocycles. The van der Waals surface area contributed by atoms with Gasteiger partial charge in [-0.15, -0.1) is 0 Å². The van der Waals surface area contributed by atoms with Gasteiger partial charge in [0.15, 0.2) is 0 Å². The van der Waals surface area contributed by atoms with Gasteiger partial charge in [-0.1, -0.05) is 62.9 Å². The molecule has 0 unspecified atom stereocenters. The highest BCUT2D eigenvalue weighted by Crippen LogP contribution is 2.37. The maximum absolute atomic E-state index is 12.7. The first-order valence-electron chi connectivity index (χ1n) is 9.68. The van der Waals surface area contributed by atoms with Gasteiger partial charge in [-0.25, -0.2) is 0 Å². The lowest BCUT2D eigenvalue weighted by Crippen LogP contribution is -2.48. The number of carbonyl (C=O) groups is 1. The Hall–Kier alpha value is -1.35. The Bertz CT molecular complexity index is 478. The summed E-state index contributed by atoms with van der Waals surface area (Å²) in [5.74, 6) is -0.0428. The van der Waals surface area contributed by atoms with Crippen LogP contribution in [0.3, 0.4) is 0 Å². The first-order valence-corrected chi connectivity index (χ1v) is 9.68. The number of hydrogen-bond acceptors (Lipinski definition) is 3. The Morgan fingerprint density at radius 2 is 1.71 bits per heavy atom. The molecule has 134 valence electrons. The summed E-state index contributed by atoms with van der Waals surface area (Å²) in [6.45, 7) is 7.74. The lowest BCUT2D eigenvalue weighted by Gasteiger charge is -2.40. The molecule has 0 N–H and O–H groups in total. The fourth-order valence-electron chi connectivity index (χ4n) is 3.73. The molecule has 0 aliphatic carbocycles. The highest BCUT2D eigenvalue weighted by Gasteiger charge is 2.43. The molecule has 1 aromatic rings. The molecule has 1 aliphatic rings. The predicted octanol–water partition coefficient (Wildman–Crippen LogP) is 4.55. The number of nitrogens with zero attached hydrogens (tertiary/aromatic N) is 1. The van der Waals surface area contributed by atoms with Crippen LogP contribution in [0.25, 0.3) is 0 Å². The number of unbranched alkanes of at least 4 members (excludes halogenated alkanes) is 4. The van der Waals surface area contributed by atoms with Gasteiger partial charge in [0.1, 0.15) is 0 Å². The van der Waals surface area contributed by atoms with Crippen LogP contribution in [-0.4, -0.2) is 37.1 Å². The van der Waals surface area contributed by atoms with Gasteiger partial charge < -0.3 is 9.64 Å². The van der Waals surface area contributed by atoms with Gasteiger partial charge in [0.05, 0.1) is 12.0 Å². The summed E-state index contributed by atoms with van der Waals surface area (Å²) < 4.78 is 5.44. The lowest BCUT2D eigenvalue weighted by molar-refractivity contribution is -0.152. The summed E-state index contributed by atoms with van der Waals surface area (Å²) in [6.07, 6.45) is 8.32. The zero-order chi connectivity index (χ0) is 17.3. The molecule has 3 heteroatoms. The van der Waals surface area contributed by atoms with E-state index >= 15 is 0 Å². The highest BCUT2D eigenvalue weighted by molar-refractivity contribution is 5.83. The van der Waals surface area contributed by atoms with E-state index < -0.39 is 5.41 Å². The normalized spacial score (nSPS) is 17.6. The van der Waals surface area contributed by atoms with E-state index in [-0.39, 0.29) is 5.97 Å². The molecule has 1 heterocycles. The van der Waals surface area contributed by atoms with Crippen molar-refractivity contribution in [1.29, 1.82) is 0 Å². The van der Waals surface area contributed by atoms with Crippen molar-refractivity contribution in [2.45, 2.75) is 64.2 Å². The summed E-state index contributed by atoms with van der Waals surface area (Å²) >= 11 is 0. The summed E-state index contributed by atoms with van der Waals surface area (Å²) in [4.78, 5) is 15.2. The molecule has 0 bridgehead atoms. The molecule has 3 nitrogen and oxygen atoms in total. The Balaban J connectivity index is 1.94. The standard InChI is InChI=1S/C21H33NO2/c1-3-5-6-7-11-16-22-17-14-21(15-18-22,20(23)24-4-2)19-12-9-8-10-13-19/h8-10,12-13H,3-7,11,14-18H2,1-2H3. The molecule has 1 fully saturated rings. The van der Waals surface area contributed by atoms with Crippen LogP contribution in [0.1, 0.15) is 64.4 Å². The van der Waals surface area contributed by atoms with Gasteiger partial charge in [-0.2, -0.15) is 0 Å². The van der Waals surface area contributed by atoms with Crippen LogP contribution in [-0.2, 0) is 14.9 Å². The van der Waals surface area contributed by atoms with Gasteiger partial charge >= 0.3 is 5.97 Å². The third-order valence-corrected chi connectivity index (χ3v) is 5.28. The molecule has 1 aromatic carbocycles. The zero-order valence-corrected chi connectivity index (χ0v) is 15.4. The molecule has 0 saturated carbocycles. The number of benzene rings is 1. The summed E-state index contributed by atoms with van der Waals surface area (Å²) in [7, 11) is 0. The summed E-state index contributed by atoms with van der Waals surface area (Å²) in [5, 5.41) is 0. The number of ether oxygens (including phenoxy) is 1. The van der Waals surface area contributed by atoms with Gasteiger partial charge in [-0.3, -0.25) is 4.79 Å². The number of piperidine rings is 1. The van der Waals surface area contributed by atoms with Crippen LogP contribution in [0.4, 0.5) is 0 Å². The minimum Gasteiger partial charge on any atom is -0.465 e. The minimum absolute atomic E-state index is 0.0428. The van der Waals surface area contributed by atoms with Crippen molar-refractivity contribution in [1.82, 2.24) is 4.90 Å². The van der Waals surface area contributed by atoms with E-state index in [0.29, 0.717) is 6.61 Å². The average Bonchev–Trinajstić information content (AvgIpc) is 2.63. The van der Waals surface area contributed by atoms with Crippen LogP contribution < -0.4 is 0 Å².